The van der Waals surface area contributed by atoms with Gasteiger partial charge in [0.2, 0.25) is 0 Å². The minimum Gasteiger partial charge on any atom is -0.324 e. The molecule has 0 spiro atoms. The van der Waals surface area contributed by atoms with Crippen molar-refractivity contribution in [3.63, 3.8) is 0 Å². The number of aryl methyl sites for hydroxylation is 1. The molecule has 1 atom stereocenters. The summed E-state index contributed by atoms with van der Waals surface area (Å²) in [7, 11) is 0. The Labute approximate surface area is 125 Å². The van der Waals surface area contributed by atoms with Gasteiger partial charge in [0.15, 0.2) is 0 Å². The zero-order valence-electron chi connectivity index (χ0n) is 10.5. The molecule has 1 nitrogen and oxygen atoms in total. The van der Waals surface area contributed by atoms with Gasteiger partial charge in [-0.1, -0.05) is 33.6 Å². The summed E-state index contributed by atoms with van der Waals surface area (Å²) in [6, 6.07) is 10.2. The van der Waals surface area contributed by atoms with Crippen molar-refractivity contribution in [2.24, 2.45) is 5.73 Å². The summed E-state index contributed by atoms with van der Waals surface area (Å²) in [5, 5.41) is 0.545. The third-order valence-corrected chi connectivity index (χ3v) is 3.77. The van der Waals surface area contributed by atoms with E-state index < -0.39 is 0 Å². The summed E-state index contributed by atoms with van der Waals surface area (Å²) in [4.78, 5) is 0. The SMILES string of the molecule is Cc1cc(Br)cc(C(N)Cc2cc(F)ccc2Cl)c1. The van der Waals surface area contributed by atoms with Crippen LogP contribution >= 0.6 is 27.5 Å². The van der Waals surface area contributed by atoms with Crippen LogP contribution in [0.3, 0.4) is 0 Å². The maximum atomic E-state index is 13.2. The van der Waals surface area contributed by atoms with E-state index in [1.807, 2.05) is 25.1 Å². The van der Waals surface area contributed by atoms with Crippen molar-refractivity contribution in [3.8, 4) is 0 Å². The Hall–Kier alpha value is -0.900. The fraction of sp³-hybridized carbons (Fsp3) is 0.200. The van der Waals surface area contributed by atoms with Crippen LogP contribution in [0.2, 0.25) is 5.02 Å². The summed E-state index contributed by atoms with van der Waals surface area (Å²) in [6.07, 6.45) is 0.506. The van der Waals surface area contributed by atoms with Crippen molar-refractivity contribution >= 4 is 27.5 Å². The molecule has 100 valence electrons. The topological polar surface area (TPSA) is 26.0 Å². The van der Waals surface area contributed by atoms with E-state index in [1.54, 1.807) is 6.07 Å². The summed E-state index contributed by atoms with van der Waals surface area (Å²) >= 11 is 9.51. The Bertz CT molecular complexity index is 580. The van der Waals surface area contributed by atoms with E-state index in [0.717, 1.165) is 21.2 Å². The molecular formula is C15H14BrClFN. The Morgan fingerprint density at radius 1 is 1.26 bits per heavy atom. The van der Waals surface area contributed by atoms with Gasteiger partial charge < -0.3 is 5.73 Å². The van der Waals surface area contributed by atoms with Crippen LogP contribution < -0.4 is 5.73 Å². The van der Waals surface area contributed by atoms with Crippen LogP contribution in [0.25, 0.3) is 0 Å². The van der Waals surface area contributed by atoms with Crippen LogP contribution in [-0.4, -0.2) is 0 Å². The van der Waals surface area contributed by atoms with E-state index >= 15 is 0 Å². The molecule has 0 bridgehead atoms. The highest BCUT2D eigenvalue weighted by Gasteiger charge is 2.11. The second-order valence-electron chi connectivity index (χ2n) is 4.61. The van der Waals surface area contributed by atoms with Crippen molar-refractivity contribution in [2.75, 3.05) is 0 Å². The third kappa shape index (κ3) is 3.78. The van der Waals surface area contributed by atoms with Gasteiger partial charge in [-0.25, -0.2) is 4.39 Å². The molecule has 0 aliphatic rings. The molecule has 2 aromatic carbocycles. The van der Waals surface area contributed by atoms with Gasteiger partial charge in [0.05, 0.1) is 0 Å². The quantitative estimate of drug-likeness (QED) is 0.852. The Kier molecular flexibility index (Phi) is 4.61. The number of halogens is 3. The van der Waals surface area contributed by atoms with Crippen LogP contribution in [0.1, 0.15) is 22.7 Å². The summed E-state index contributed by atoms with van der Waals surface area (Å²) in [5.41, 5.74) is 9.05. The smallest absolute Gasteiger partial charge is 0.123 e. The molecule has 0 aliphatic carbocycles. The highest BCUT2D eigenvalue weighted by Crippen LogP contribution is 2.25. The van der Waals surface area contributed by atoms with Crippen molar-refractivity contribution in [1.82, 2.24) is 0 Å². The molecule has 0 saturated heterocycles. The predicted octanol–water partition coefficient (Wildman–Crippen LogP) is 4.79. The molecule has 4 heteroatoms. The average molecular weight is 343 g/mol. The molecule has 19 heavy (non-hydrogen) atoms. The number of benzene rings is 2. The zero-order chi connectivity index (χ0) is 14.0. The molecule has 2 rings (SSSR count). The van der Waals surface area contributed by atoms with Crippen LogP contribution in [0, 0.1) is 12.7 Å². The zero-order valence-corrected chi connectivity index (χ0v) is 12.8. The van der Waals surface area contributed by atoms with Gasteiger partial charge in [-0.15, -0.1) is 0 Å². The van der Waals surface area contributed by atoms with Gasteiger partial charge in [0, 0.05) is 15.5 Å². The van der Waals surface area contributed by atoms with Crippen molar-refractivity contribution in [3.05, 3.63) is 68.4 Å². The largest absolute Gasteiger partial charge is 0.324 e. The second-order valence-corrected chi connectivity index (χ2v) is 5.93. The highest BCUT2D eigenvalue weighted by atomic mass is 79.9. The monoisotopic (exact) mass is 341 g/mol. The molecule has 0 saturated carbocycles. The fourth-order valence-electron chi connectivity index (χ4n) is 2.03. The van der Waals surface area contributed by atoms with Crippen molar-refractivity contribution in [2.45, 2.75) is 19.4 Å². The number of hydrogen-bond acceptors (Lipinski definition) is 1. The Balaban J connectivity index is 2.25. The Morgan fingerprint density at radius 3 is 2.68 bits per heavy atom. The molecular weight excluding hydrogens is 329 g/mol. The number of nitrogens with two attached hydrogens (primary N) is 1. The van der Waals surface area contributed by atoms with E-state index in [0.29, 0.717) is 11.4 Å². The maximum absolute atomic E-state index is 13.2. The van der Waals surface area contributed by atoms with Gasteiger partial charge in [0.1, 0.15) is 5.82 Å². The second kappa shape index (κ2) is 6.04. The Morgan fingerprint density at radius 2 is 2.00 bits per heavy atom. The molecule has 0 fully saturated rings. The van der Waals surface area contributed by atoms with Gasteiger partial charge in [-0.2, -0.15) is 0 Å². The molecule has 0 heterocycles. The number of hydrogen-bond donors (Lipinski definition) is 1. The first-order valence-electron chi connectivity index (χ1n) is 5.92. The lowest BCUT2D eigenvalue weighted by molar-refractivity contribution is 0.622. The van der Waals surface area contributed by atoms with E-state index in [1.165, 1.54) is 12.1 Å². The minimum absolute atomic E-state index is 0.213. The summed E-state index contributed by atoms with van der Waals surface area (Å²) in [5.74, 6) is -0.294. The first kappa shape index (κ1) is 14.5. The lowest BCUT2D eigenvalue weighted by Gasteiger charge is -2.14. The molecule has 0 amide bonds. The summed E-state index contributed by atoms with van der Waals surface area (Å²) < 4.78 is 14.2. The summed E-state index contributed by atoms with van der Waals surface area (Å²) in [6.45, 7) is 2.01. The third-order valence-electron chi connectivity index (χ3n) is 2.94. The van der Waals surface area contributed by atoms with Crippen molar-refractivity contribution < 1.29 is 4.39 Å². The fourth-order valence-corrected chi connectivity index (χ4v) is 2.85. The normalized spacial score (nSPS) is 12.5. The van der Waals surface area contributed by atoms with Gasteiger partial charge >= 0.3 is 0 Å². The van der Waals surface area contributed by atoms with Gasteiger partial charge in [-0.3, -0.25) is 0 Å². The first-order valence-corrected chi connectivity index (χ1v) is 7.09. The molecule has 0 radical (unpaired) electrons. The lowest BCUT2D eigenvalue weighted by Crippen LogP contribution is -2.14. The standard InChI is InChI=1S/C15H14BrClFN/c1-9-4-11(6-12(16)5-9)15(19)8-10-7-13(18)2-3-14(10)17/h2-7,15H,8,19H2,1H3. The highest BCUT2D eigenvalue weighted by molar-refractivity contribution is 9.10. The van der Waals surface area contributed by atoms with E-state index in [9.17, 15) is 4.39 Å². The van der Waals surface area contributed by atoms with Crippen LogP contribution in [-0.2, 0) is 6.42 Å². The molecule has 0 aromatic heterocycles. The van der Waals surface area contributed by atoms with Gasteiger partial charge in [-0.05, 0) is 60.4 Å². The van der Waals surface area contributed by atoms with Crippen molar-refractivity contribution in [1.29, 1.82) is 0 Å². The molecule has 2 N–H and O–H groups in total. The van der Waals surface area contributed by atoms with Crippen LogP contribution in [0.5, 0.6) is 0 Å². The van der Waals surface area contributed by atoms with E-state index in [2.05, 4.69) is 15.9 Å². The minimum atomic E-state index is -0.294. The van der Waals surface area contributed by atoms with Gasteiger partial charge in [0.25, 0.3) is 0 Å². The van der Waals surface area contributed by atoms with Crippen LogP contribution in [0.15, 0.2) is 40.9 Å². The first-order chi connectivity index (χ1) is 8.95. The molecule has 2 aromatic rings. The van der Waals surface area contributed by atoms with E-state index in [-0.39, 0.29) is 11.9 Å². The molecule has 1 unspecified atom stereocenters. The molecule has 0 aliphatic heterocycles. The number of rotatable bonds is 3. The lowest BCUT2D eigenvalue weighted by atomic mass is 9.98. The maximum Gasteiger partial charge on any atom is 0.123 e. The average Bonchev–Trinajstić information content (AvgIpc) is 2.32. The van der Waals surface area contributed by atoms with Crippen LogP contribution in [0.4, 0.5) is 4.39 Å². The van der Waals surface area contributed by atoms with E-state index in [4.69, 9.17) is 17.3 Å². The predicted molar refractivity (Wildman–Crippen MR) is 80.9 cm³/mol.